The van der Waals surface area contributed by atoms with Gasteiger partial charge in [-0.2, -0.15) is 10.5 Å². The Morgan fingerprint density at radius 1 is 1.21 bits per heavy atom. The Kier molecular flexibility index (Phi) is 3.61. The van der Waals surface area contributed by atoms with Gasteiger partial charge in [0, 0.05) is 17.4 Å². The number of rotatable bonds is 2. The summed E-state index contributed by atoms with van der Waals surface area (Å²) in [6, 6.07) is 8.82. The Balaban J connectivity index is 2.37. The molecule has 0 saturated heterocycles. The number of benzene rings is 1. The number of hydrogen-bond acceptors (Lipinski definition) is 5. The van der Waals surface area contributed by atoms with Gasteiger partial charge in [0.25, 0.3) is 0 Å². The summed E-state index contributed by atoms with van der Waals surface area (Å²) in [6.45, 7) is 1.84. The van der Waals surface area contributed by atoms with Gasteiger partial charge >= 0.3 is 0 Å². The lowest BCUT2D eigenvalue weighted by Crippen LogP contribution is -1.99. The molecule has 0 saturated carbocycles. The molecule has 0 amide bonds. The van der Waals surface area contributed by atoms with Crippen LogP contribution < -0.4 is 5.32 Å². The molecular formula is C13H8ClN5. The standard InChI is InChI=1S/C13H8ClN5/c1-8-7-17-13(14)19-12(8)18-11-3-2-9(5-15)10(4-11)6-16/h2-4,7H,1H3,(H,17,18,19). The lowest BCUT2D eigenvalue weighted by Gasteiger charge is -2.08. The van der Waals surface area contributed by atoms with Gasteiger partial charge in [0.1, 0.15) is 18.0 Å². The number of nitrogens with one attached hydrogen (secondary N) is 1. The van der Waals surface area contributed by atoms with E-state index < -0.39 is 0 Å². The number of aromatic nitrogens is 2. The van der Waals surface area contributed by atoms with E-state index in [1.807, 2.05) is 19.1 Å². The van der Waals surface area contributed by atoms with Crippen LogP contribution in [0.25, 0.3) is 0 Å². The smallest absolute Gasteiger partial charge is 0.224 e. The number of nitrogens with zero attached hydrogens (tertiary/aromatic N) is 4. The van der Waals surface area contributed by atoms with Crippen LogP contribution in [0.15, 0.2) is 24.4 Å². The maximum Gasteiger partial charge on any atom is 0.224 e. The Morgan fingerprint density at radius 3 is 2.63 bits per heavy atom. The van der Waals surface area contributed by atoms with E-state index in [4.69, 9.17) is 22.1 Å². The lowest BCUT2D eigenvalue weighted by atomic mass is 10.1. The van der Waals surface area contributed by atoms with E-state index >= 15 is 0 Å². The third-order valence-electron chi connectivity index (χ3n) is 2.47. The number of hydrogen-bond donors (Lipinski definition) is 1. The molecule has 1 heterocycles. The Hall–Kier alpha value is -2.63. The minimum atomic E-state index is 0.141. The fourth-order valence-corrected chi connectivity index (χ4v) is 1.63. The first-order chi connectivity index (χ1) is 9.13. The van der Waals surface area contributed by atoms with Gasteiger partial charge in [-0.05, 0) is 36.7 Å². The largest absolute Gasteiger partial charge is 0.340 e. The molecule has 0 fully saturated rings. The summed E-state index contributed by atoms with van der Waals surface area (Å²) in [5.74, 6) is 0.564. The summed E-state index contributed by atoms with van der Waals surface area (Å²) >= 11 is 5.73. The van der Waals surface area contributed by atoms with Crippen molar-refractivity contribution < 1.29 is 0 Å². The molecule has 92 valence electrons. The molecule has 0 aliphatic rings. The summed E-state index contributed by atoms with van der Waals surface area (Å²) in [5.41, 5.74) is 2.14. The van der Waals surface area contributed by atoms with Crippen LogP contribution in [-0.2, 0) is 0 Å². The van der Waals surface area contributed by atoms with Crippen molar-refractivity contribution in [2.45, 2.75) is 6.92 Å². The molecule has 0 radical (unpaired) electrons. The van der Waals surface area contributed by atoms with Crippen LogP contribution in [-0.4, -0.2) is 9.97 Å². The van der Waals surface area contributed by atoms with E-state index in [9.17, 15) is 0 Å². The molecule has 2 rings (SSSR count). The lowest BCUT2D eigenvalue weighted by molar-refractivity contribution is 1.13. The van der Waals surface area contributed by atoms with Crippen LogP contribution in [0.5, 0.6) is 0 Å². The molecule has 5 nitrogen and oxygen atoms in total. The number of halogens is 1. The van der Waals surface area contributed by atoms with E-state index in [1.54, 1.807) is 24.4 Å². The third-order valence-corrected chi connectivity index (χ3v) is 2.65. The molecule has 0 unspecified atom stereocenters. The van der Waals surface area contributed by atoms with E-state index in [2.05, 4.69) is 15.3 Å². The first kappa shape index (κ1) is 12.8. The molecule has 0 bridgehead atoms. The number of nitriles is 2. The van der Waals surface area contributed by atoms with Gasteiger partial charge in [0.2, 0.25) is 5.28 Å². The van der Waals surface area contributed by atoms with Crippen LogP contribution in [0.1, 0.15) is 16.7 Å². The summed E-state index contributed by atoms with van der Waals surface area (Å²) in [5, 5.41) is 21.0. The molecule has 19 heavy (non-hydrogen) atoms. The summed E-state index contributed by atoms with van der Waals surface area (Å²) in [7, 11) is 0. The first-order valence-corrected chi connectivity index (χ1v) is 5.72. The number of aryl methyl sites for hydroxylation is 1. The van der Waals surface area contributed by atoms with E-state index in [0.29, 0.717) is 22.6 Å². The second-order valence-corrected chi connectivity index (χ2v) is 4.12. The highest BCUT2D eigenvalue weighted by Crippen LogP contribution is 2.21. The predicted molar refractivity (Wildman–Crippen MR) is 70.9 cm³/mol. The van der Waals surface area contributed by atoms with Gasteiger partial charge < -0.3 is 5.32 Å². The quantitative estimate of drug-likeness (QED) is 0.847. The highest BCUT2D eigenvalue weighted by Gasteiger charge is 2.06. The molecule has 6 heteroatoms. The topological polar surface area (TPSA) is 85.4 Å². The molecule has 1 aromatic carbocycles. The van der Waals surface area contributed by atoms with Crippen molar-refractivity contribution in [2.75, 3.05) is 5.32 Å². The van der Waals surface area contributed by atoms with Crippen LogP contribution in [0, 0.1) is 29.6 Å². The Labute approximate surface area is 115 Å². The molecule has 1 N–H and O–H groups in total. The zero-order valence-corrected chi connectivity index (χ0v) is 10.7. The van der Waals surface area contributed by atoms with E-state index in [0.717, 1.165) is 5.56 Å². The molecule has 1 aromatic heterocycles. The Morgan fingerprint density at radius 2 is 1.95 bits per heavy atom. The fraction of sp³-hybridized carbons (Fsp3) is 0.0769. The highest BCUT2D eigenvalue weighted by atomic mass is 35.5. The monoisotopic (exact) mass is 269 g/mol. The van der Waals surface area contributed by atoms with Crippen LogP contribution >= 0.6 is 11.6 Å². The van der Waals surface area contributed by atoms with Gasteiger partial charge in [0.05, 0.1) is 11.1 Å². The zero-order valence-electron chi connectivity index (χ0n) is 9.98. The van der Waals surface area contributed by atoms with Crippen LogP contribution in [0.3, 0.4) is 0 Å². The average molecular weight is 270 g/mol. The first-order valence-electron chi connectivity index (χ1n) is 5.34. The van der Waals surface area contributed by atoms with Crippen molar-refractivity contribution in [3.8, 4) is 12.1 Å². The predicted octanol–water partition coefficient (Wildman–Crippen LogP) is 2.93. The fourth-order valence-electron chi connectivity index (χ4n) is 1.50. The molecule has 2 aromatic rings. The van der Waals surface area contributed by atoms with Crippen molar-refractivity contribution in [1.29, 1.82) is 10.5 Å². The minimum absolute atomic E-state index is 0.141. The van der Waals surface area contributed by atoms with Gasteiger partial charge in [-0.3, -0.25) is 0 Å². The molecular weight excluding hydrogens is 262 g/mol. The molecule has 0 spiro atoms. The zero-order chi connectivity index (χ0) is 13.8. The van der Waals surface area contributed by atoms with Crippen molar-refractivity contribution >= 4 is 23.1 Å². The van der Waals surface area contributed by atoms with Crippen molar-refractivity contribution in [3.05, 3.63) is 46.4 Å². The second kappa shape index (κ2) is 5.34. The van der Waals surface area contributed by atoms with Gasteiger partial charge in [0.15, 0.2) is 0 Å². The summed E-state index contributed by atoms with van der Waals surface area (Å²) in [4.78, 5) is 7.92. The van der Waals surface area contributed by atoms with E-state index in [-0.39, 0.29) is 5.28 Å². The van der Waals surface area contributed by atoms with Crippen LogP contribution in [0.4, 0.5) is 11.5 Å². The highest BCUT2D eigenvalue weighted by molar-refractivity contribution is 6.28. The maximum absolute atomic E-state index is 8.96. The van der Waals surface area contributed by atoms with Gasteiger partial charge in [-0.25, -0.2) is 9.97 Å². The maximum atomic E-state index is 8.96. The van der Waals surface area contributed by atoms with Gasteiger partial charge in [-0.15, -0.1) is 0 Å². The molecule has 0 atom stereocenters. The third kappa shape index (κ3) is 2.79. The molecule has 0 aliphatic carbocycles. The molecule has 0 aliphatic heterocycles. The van der Waals surface area contributed by atoms with Crippen molar-refractivity contribution in [1.82, 2.24) is 9.97 Å². The summed E-state index contributed by atoms with van der Waals surface area (Å²) < 4.78 is 0. The van der Waals surface area contributed by atoms with Gasteiger partial charge in [-0.1, -0.05) is 0 Å². The number of anilines is 2. The average Bonchev–Trinajstić information content (AvgIpc) is 2.42. The minimum Gasteiger partial charge on any atom is -0.340 e. The van der Waals surface area contributed by atoms with Crippen molar-refractivity contribution in [3.63, 3.8) is 0 Å². The SMILES string of the molecule is Cc1cnc(Cl)nc1Nc1ccc(C#N)c(C#N)c1. The second-order valence-electron chi connectivity index (χ2n) is 3.78. The normalized spacial score (nSPS) is 9.47. The Bertz CT molecular complexity index is 712. The van der Waals surface area contributed by atoms with Crippen molar-refractivity contribution in [2.24, 2.45) is 0 Å². The van der Waals surface area contributed by atoms with E-state index in [1.165, 1.54) is 0 Å². The summed E-state index contributed by atoms with van der Waals surface area (Å²) in [6.07, 6.45) is 1.60. The van der Waals surface area contributed by atoms with Crippen LogP contribution in [0.2, 0.25) is 5.28 Å².